The lowest BCUT2D eigenvalue weighted by Gasteiger charge is -2.07. The van der Waals surface area contributed by atoms with E-state index in [0.717, 1.165) is 5.69 Å². The van der Waals surface area contributed by atoms with Crippen molar-refractivity contribution < 1.29 is 9.66 Å². The number of nitro groups is 1. The van der Waals surface area contributed by atoms with Gasteiger partial charge in [-0.1, -0.05) is 0 Å². The summed E-state index contributed by atoms with van der Waals surface area (Å²) >= 11 is 0. The van der Waals surface area contributed by atoms with Gasteiger partial charge >= 0.3 is 0 Å². The van der Waals surface area contributed by atoms with Gasteiger partial charge in [0.15, 0.2) is 0 Å². The zero-order chi connectivity index (χ0) is 13.8. The second-order valence-corrected chi connectivity index (χ2v) is 4.08. The SMILES string of the molecule is CNc1ccc(Oc2ccc(C)c([N+](=O)[O-])c2)cc1. The molecule has 0 aromatic heterocycles. The van der Waals surface area contributed by atoms with Crippen LogP contribution in [0.1, 0.15) is 5.56 Å². The van der Waals surface area contributed by atoms with E-state index in [1.165, 1.54) is 6.07 Å². The van der Waals surface area contributed by atoms with Crippen molar-refractivity contribution in [3.63, 3.8) is 0 Å². The number of hydrogen-bond acceptors (Lipinski definition) is 4. The van der Waals surface area contributed by atoms with Crippen LogP contribution >= 0.6 is 0 Å². The van der Waals surface area contributed by atoms with Crippen LogP contribution in [-0.4, -0.2) is 12.0 Å². The molecule has 19 heavy (non-hydrogen) atoms. The quantitative estimate of drug-likeness (QED) is 0.670. The Kier molecular flexibility index (Phi) is 3.66. The summed E-state index contributed by atoms with van der Waals surface area (Å²) in [4.78, 5) is 10.4. The molecule has 2 aromatic carbocycles. The first-order valence-corrected chi connectivity index (χ1v) is 5.81. The van der Waals surface area contributed by atoms with E-state index in [9.17, 15) is 10.1 Å². The van der Waals surface area contributed by atoms with Crippen molar-refractivity contribution in [2.75, 3.05) is 12.4 Å². The Balaban J connectivity index is 2.22. The zero-order valence-electron chi connectivity index (χ0n) is 10.7. The predicted octanol–water partition coefficient (Wildman–Crippen LogP) is 3.74. The summed E-state index contributed by atoms with van der Waals surface area (Å²) in [5, 5.41) is 13.9. The Hall–Kier alpha value is -2.56. The topological polar surface area (TPSA) is 64.4 Å². The molecule has 2 aromatic rings. The molecule has 0 heterocycles. The molecule has 0 spiro atoms. The molecule has 0 bridgehead atoms. The van der Waals surface area contributed by atoms with Crippen molar-refractivity contribution in [3.05, 3.63) is 58.1 Å². The van der Waals surface area contributed by atoms with Crippen molar-refractivity contribution in [1.82, 2.24) is 0 Å². The Morgan fingerprint density at radius 3 is 2.32 bits per heavy atom. The first-order valence-electron chi connectivity index (χ1n) is 5.81. The minimum Gasteiger partial charge on any atom is -0.457 e. The zero-order valence-corrected chi connectivity index (χ0v) is 10.7. The highest BCUT2D eigenvalue weighted by Crippen LogP contribution is 2.28. The van der Waals surface area contributed by atoms with Crippen molar-refractivity contribution in [2.24, 2.45) is 0 Å². The van der Waals surface area contributed by atoms with Crippen LogP contribution in [0.15, 0.2) is 42.5 Å². The van der Waals surface area contributed by atoms with Crippen LogP contribution in [0, 0.1) is 17.0 Å². The molecule has 0 atom stereocenters. The fourth-order valence-corrected chi connectivity index (χ4v) is 1.68. The molecular weight excluding hydrogens is 244 g/mol. The smallest absolute Gasteiger partial charge is 0.276 e. The van der Waals surface area contributed by atoms with Gasteiger partial charge in [0.25, 0.3) is 5.69 Å². The number of benzene rings is 2. The first kappa shape index (κ1) is 12.9. The number of hydrogen-bond donors (Lipinski definition) is 1. The minimum atomic E-state index is -0.410. The molecule has 0 amide bonds. The van der Waals surface area contributed by atoms with E-state index in [-0.39, 0.29) is 5.69 Å². The molecule has 0 saturated carbocycles. The Bertz CT molecular complexity index is 594. The standard InChI is InChI=1S/C14H14N2O3/c1-10-3-6-13(9-14(10)16(17)18)19-12-7-4-11(15-2)5-8-12/h3-9,15H,1-2H3. The maximum absolute atomic E-state index is 10.9. The van der Waals surface area contributed by atoms with Gasteiger partial charge in [-0.15, -0.1) is 0 Å². The average molecular weight is 258 g/mol. The van der Waals surface area contributed by atoms with Crippen LogP contribution in [0.25, 0.3) is 0 Å². The summed E-state index contributed by atoms with van der Waals surface area (Å²) in [6, 6.07) is 12.2. The molecule has 0 fully saturated rings. The van der Waals surface area contributed by atoms with E-state index in [4.69, 9.17) is 4.74 Å². The van der Waals surface area contributed by atoms with Gasteiger partial charge in [0.05, 0.1) is 11.0 Å². The van der Waals surface area contributed by atoms with Crippen LogP contribution in [0.4, 0.5) is 11.4 Å². The van der Waals surface area contributed by atoms with E-state index in [1.807, 2.05) is 19.2 Å². The summed E-state index contributed by atoms with van der Waals surface area (Å²) in [5.41, 5.74) is 1.65. The third kappa shape index (κ3) is 3.01. The highest BCUT2D eigenvalue weighted by Gasteiger charge is 2.11. The lowest BCUT2D eigenvalue weighted by atomic mass is 10.2. The van der Waals surface area contributed by atoms with E-state index in [0.29, 0.717) is 17.1 Å². The molecule has 0 saturated heterocycles. The van der Waals surface area contributed by atoms with Gasteiger partial charge in [0.2, 0.25) is 0 Å². The first-order chi connectivity index (χ1) is 9.10. The summed E-state index contributed by atoms with van der Waals surface area (Å²) in [5.74, 6) is 1.09. The Labute approximate surface area is 111 Å². The molecule has 98 valence electrons. The molecule has 0 unspecified atom stereocenters. The Morgan fingerprint density at radius 1 is 1.11 bits per heavy atom. The van der Waals surface area contributed by atoms with Crippen molar-refractivity contribution in [2.45, 2.75) is 6.92 Å². The fourth-order valence-electron chi connectivity index (χ4n) is 1.68. The van der Waals surface area contributed by atoms with Crippen molar-refractivity contribution >= 4 is 11.4 Å². The minimum absolute atomic E-state index is 0.0596. The maximum atomic E-state index is 10.9. The number of nitro benzene ring substituents is 1. The van der Waals surface area contributed by atoms with Crippen LogP contribution in [0.3, 0.4) is 0 Å². The number of aryl methyl sites for hydroxylation is 1. The van der Waals surface area contributed by atoms with Crippen LogP contribution < -0.4 is 10.1 Å². The van der Waals surface area contributed by atoms with Crippen molar-refractivity contribution in [1.29, 1.82) is 0 Å². The highest BCUT2D eigenvalue weighted by atomic mass is 16.6. The molecule has 5 heteroatoms. The number of anilines is 1. The van der Waals surface area contributed by atoms with Crippen molar-refractivity contribution in [3.8, 4) is 11.5 Å². The van der Waals surface area contributed by atoms with Crippen LogP contribution in [0.2, 0.25) is 0 Å². The molecule has 5 nitrogen and oxygen atoms in total. The van der Waals surface area contributed by atoms with Gasteiger partial charge in [0.1, 0.15) is 11.5 Å². The molecule has 1 N–H and O–H groups in total. The average Bonchev–Trinajstić information content (AvgIpc) is 2.41. The second-order valence-electron chi connectivity index (χ2n) is 4.08. The lowest BCUT2D eigenvalue weighted by molar-refractivity contribution is -0.385. The predicted molar refractivity (Wildman–Crippen MR) is 73.9 cm³/mol. The molecule has 0 aliphatic carbocycles. The van der Waals surface area contributed by atoms with E-state index in [2.05, 4.69) is 5.32 Å². The van der Waals surface area contributed by atoms with Gasteiger partial charge in [0, 0.05) is 18.3 Å². The third-order valence-corrected chi connectivity index (χ3v) is 2.76. The van der Waals surface area contributed by atoms with E-state index in [1.54, 1.807) is 31.2 Å². The normalized spacial score (nSPS) is 10.0. The molecule has 0 radical (unpaired) electrons. The summed E-state index contributed by atoms with van der Waals surface area (Å²) in [6.45, 7) is 1.70. The molecule has 2 rings (SSSR count). The van der Waals surface area contributed by atoms with Crippen LogP contribution in [0.5, 0.6) is 11.5 Å². The summed E-state index contributed by atoms with van der Waals surface area (Å²) < 4.78 is 5.59. The largest absolute Gasteiger partial charge is 0.457 e. The Morgan fingerprint density at radius 2 is 1.74 bits per heavy atom. The van der Waals surface area contributed by atoms with Gasteiger partial charge in [-0.05, 0) is 43.3 Å². The van der Waals surface area contributed by atoms with Gasteiger partial charge in [-0.2, -0.15) is 0 Å². The maximum Gasteiger partial charge on any atom is 0.276 e. The van der Waals surface area contributed by atoms with Gasteiger partial charge in [-0.3, -0.25) is 10.1 Å². The van der Waals surface area contributed by atoms with Gasteiger partial charge < -0.3 is 10.1 Å². The summed E-state index contributed by atoms with van der Waals surface area (Å²) in [7, 11) is 1.83. The molecule has 0 aliphatic rings. The van der Waals surface area contributed by atoms with E-state index < -0.39 is 4.92 Å². The highest BCUT2D eigenvalue weighted by molar-refractivity contribution is 5.49. The fraction of sp³-hybridized carbons (Fsp3) is 0.143. The van der Waals surface area contributed by atoms with Gasteiger partial charge in [-0.25, -0.2) is 0 Å². The number of rotatable bonds is 4. The molecule has 0 aliphatic heterocycles. The number of nitrogens with one attached hydrogen (secondary N) is 1. The monoisotopic (exact) mass is 258 g/mol. The van der Waals surface area contributed by atoms with Crippen LogP contribution in [-0.2, 0) is 0 Å². The molecular formula is C14H14N2O3. The second kappa shape index (κ2) is 5.39. The third-order valence-electron chi connectivity index (χ3n) is 2.76. The summed E-state index contributed by atoms with van der Waals surface area (Å²) in [6.07, 6.45) is 0. The number of nitrogens with zero attached hydrogens (tertiary/aromatic N) is 1. The lowest BCUT2D eigenvalue weighted by Crippen LogP contribution is -1.93. The number of ether oxygens (including phenoxy) is 1. The van der Waals surface area contributed by atoms with E-state index >= 15 is 0 Å².